The van der Waals surface area contributed by atoms with Gasteiger partial charge in [0.1, 0.15) is 6.04 Å². The van der Waals surface area contributed by atoms with Gasteiger partial charge in [-0.2, -0.15) is 0 Å². The summed E-state index contributed by atoms with van der Waals surface area (Å²) in [6, 6.07) is 12.4. The number of para-hydroxylation sites is 1. The van der Waals surface area contributed by atoms with Crippen molar-refractivity contribution in [3.05, 3.63) is 64.7 Å². The maximum absolute atomic E-state index is 13.4. The van der Waals surface area contributed by atoms with Gasteiger partial charge in [0.2, 0.25) is 11.8 Å². The van der Waals surface area contributed by atoms with Crippen molar-refractivity contribution in [1.29, 1.82) is 0 Å². The molecule has 3 aliphatic heterocycles. The van der Waals surface area contributed by atoms with E-state index in [-0.39, 0.29) is 18.7 Å². The Morgan fingerprint density at radius 3 is 2.59 bits per heavy atom. The number of fused-ring (bicyclic) bond motifs is 2. The number of nitrogens with one attached hydrogen (secondary N) is 1. The summed E-state index contributed by atoms with van der Waals surface area (Å²) in [6.07, 6.45) is 1.15. The van der Waals surface area contributed by atoms with Gasteiger partial charge < -0.3 is 10.6 Å². The summed E-state index contributed by atoms with van der Waals surface area (Å²) < 4.78 is 0. The van der Waals surface area contributed by atoms with Crippen molar-refractivity contribution in [2.45, 2.75) is 31.8 Å². The average molecular weight is 432 g/mol. The summed E-state index contributed by atoms with van der Waals surface area (Å²) in [4.78, 5) is 53.5. The molecule has 0 spiro atoms. The topological polar surface area (TPSA) is 113 Å². The lowest BCUT2D eigenvalue weighted by atomic mass is 9.91. The van der Waals surface area contributed by atoms with Crippen molar-refractivity contribution in [3.8, 4) is 0 Å². The largest absolute Gasteiger partial charge is 0.367 e. The average Bonchev–Trinajstić information content (AvgIpc) is 3.05. The van der Waals surface area contributed by atoms with Gasteiger partial charge in [-0.15, -0.1) is 0 Å². The zero-order valence-corrected chi connectivity index (χ0v) is 17.5. The number of hydrogen-bond donors (Lipinski definition) is 2. The Bertz CT molecular complexity index is 1140. The molecule has 164 valence electrons. The second-order valence-corrected chi connectivity index (χ2v) is 8.60. The zero-order chi connectivity index (χ0) is 22.4. The number of anilines is 1. The van der Waals surface area contributed by atoms with Gasteiger partial charge in [-0.25, -0.2) is 0 Å². The highest BCUT2D eigenvalue weighted by molar-refractivity contribution is 6.24. The molecule has 2 aromatic carbocycles. The Morgan fingerprint density at radius 1 is 1.00 bits per heavy atom. The minimum atomic E-state index is -0.967. The van der Waals surface area contributed by atoms with E-state index in [4.69, 9.17) is 5.73 Å². The monoisotopic (exact) mass is 432 g/mol. The third-order valence-corrected chi connectivity index (χ3v) is 6.57. The number of carbonyl (C=O) groups excluding carboxylic acids is 4. The van der Waals surface area contributed by atoms with Gasteiger partial charge in [0.15, 0.2) is 0 Å². The first-order valence-corrected chi connectivity index (χ1v) is 10.8. The predicted octanol–water partition coefficient (Wildman–Crippen LogP) is 1.23. The Morgan fingerprint density at radius 2 is 1.81 bits per heavy atom. The predicted molar refractivity (Wildman–Crippen MR) is 117 cm³/mol. The number of piperidine rings is 1. The summed E-state index contributed by atoms with van der Waals surface area (Å²) in [5.41, 5.74) is 9.68. The molecule has 0 saturated carbocycles. The summed E-state index contributed by atoms with van der Waals surface area (Å²) in [5, 5.41) is 2.23. The van der Waals surface area contributed by atoms with Crippen LogP contribution in [0, 0.1) is 5.92 Å². The minimum Gasteiger partial charge on any atom is -0.367 e. The smallest absolute Gasteiger partial charge is 0.262 e. The van der Waals surface area contributed by atoms with E-state index in [1.54, 1.807) is 12.1 Å². The van der Waals surface area contributed by atoms with Crippen LogP contribution < -0.4 is 16.0 Å². The third-order valence-electron chi connectivity index (χ3n) is 6.57. The Labute approximate surface area is 185 Å². The molecule has 0 radical (unpaired) electrons. The lowest BCUT2D eigenvalue weighted by molar-refractivity contribution is -0.136. The van der Waals surface area contributed by atoms with Crippen LogP contribution in [0.15, 0.2) is 42.5 Å². The molecule has 1 saturated heterocycles. The second-order valence-electron chi connectivity index (χ2n) is 8.60. The van der Waals surface area contributed by atoms with E-state index in [1.807, 2.05) is 18.2 Å². The van der Waals surface area contributed by atoms with Crippen LogP contribution in [0.4, 0.5) is 5.69 Å². The molecular weight excluding hydrogens is 408 g/mol. The Hall–Kier alpha value is -3.52. The van der Waals surface area contributed by atoms with E-state index in [2.05, 4.69) is 22.3 Å². The number of amides is 4. The molecule has 1 fully saturated rings. The van der Waals surface area contributed by atoms with Crippen molar-refractivity contribution in [3.63, 3.8) is 0 Å². The molecular formula is C24H24N4O4. The highest BCUT2D eigenvalue weighted by Gasteiger charge is 2.45. The van der Waals surface area contributed by atoms with Gasteiger partial charge >= 0.3 is 0 Å². The summed E-state index contributed by atoms with van der Waals surface area (Å²) in [6.45, 7) is 1.79. The van der Waals surface area contributed by atoms with Gasteiger partial charge in [-0.3, -0.25) is 29.4 Å². The summed E-state index contributed by atoms with van der Waals surface area (Å²) in [5.74, 6) is -1.65. The maximum atomic E-state index is 13.4. The van der Waals surface area contributed by atoms with Crippen molar-refractivity contribution in [1.82, 2.24) is 10.2 Å². The standard InChI is InChI=1S/C24H24N4O4/c25-11-14-10-15-4-1-2-7-18(15)27(12-14)13-16-5-3-6-17-21(16)24(32)28(23(17)31)19-8-9-20(29)26-22(19)30/h1-7,14,19H,8-13,25H2,(H,26,29,30). The van der Waals surface area contributed by atoms with E-state index in [9.17, 15) is 19.2 Å². The highest BCUT2D eigenvalue weighted by atomic mass is 16.2. The quantitative estimate of drug-likeness (QED) is 0.703. The molecule has 2 atom stereocenters. The minimum absolute atomic E-state index is 0.0989. The van der Waals surface area contributed by atoms with Gasteiger partial charge in [0.25, 0.3) is 11.8 Å². The van der Waals surface area contributed by atoms with Crippen molar-refractivity contribution >= 4 is 29.3 Å². The molecule has 3 aliphatic rings. The molecule has 8 heteroatoms. The van der Waals surface area contributed by atoms with Crippen LogP contribution in [0.3, 0.4) is 0 Å². The van der Waals surface area contributed by atoms with E-state index >= 15 is 0 Å². The van der Waals surface area contributed by atoms with Crippen LogP contribution in [0.2, 0.25) is 0 Å². The van der Waals surface area contributed by atoms with E-state index in [0.29, 0.717) is 30.1 Å². The maximum Gasteiger partial charge on any atom is 0.262 e. The molecule has 8 nitrogen and oxygen atoms in total. The zero-order valence-electron chi connectivity index (χ0n) is 17.5. The summed E-state index contributed by atoms with van der Waals surface area (Å²) >= 11 is 0. The van der Waals surface area contributed by atoms with Gasteiger partial charge in [-0.05, 0) is 48.6 Å². The molecule has 32 heavy (non-hydrogen) atoms. The van der Waals surface area contributed by atoms with Gasteiger partial charge in [0, 0.05) is 25.2 Å². The highest BCUT2D eigenvalue weighted by Crippen LogP contribution is 2.34. The van der Waals surface area contributed by atoms with Gasteiger partial charge in [0.05, 0.1) is 11.1 Å². The van der Waals surface area contributed by atoms with Crippen molar-refractivity contribution in [2.24, 2.45) is 11.7 Å². The van der Waals surface area contributed by atoms with Crippen LogP contribution in [0.1, 0.15) is 44.7 Å². The van der Waals surface area contributed by atoms with Crippen LogP contribution >= 0.6 is 0 Å². The first-order valence-electron chi connectivity index (χ1n) is 10.8. The lowest BCUT2D eigenvalue weighted by Crippen LogP contribution is -2.54. The number of carbonyl (C=O) groups is 4. The third kappa shape index (κ3) is 3.27. The lowest BCUT2D eigenvalue weighted by Gasteiger charge is -2.36. The number of imide groups is 2. The Balaban J connectivity index is 1.48. The molecule has 0 aromatic heterocycles. The van der Waals surface area contributed by atoms with E-state index < -0.39 is 23.8 Å². The Kier molecular flexibility index (Phi) is 5.01. The van der Waals surface area contributed by atoms with Crippen LogP contribution in [-0.4, -0.2) is 47.7 Å². The molecule has 4 amide bonds. The molecule has 3 N–H and O–H groups in total. The molecule has 0 aliphatic carbocycles. The fraction of sp³-hybridized carbons (Fsp3) is 0.333. The molecule has 2 unspecified atom stereocenters. The number of hydrogen-bond acceptors (Lipinski definition) is 6. The number of rotatable bonds is 4. The number of nitrogens with zero attached hydrogens (tertiary/aromatic N) is 2. The number of nitrogens with two attached hydrogens (primary N) is 1. The van der Waals surface area contributed by atoms with Crippen molar-refractivity contribution < 1.29 is 19.2 Å². The molecule has 3 heterocycles. The molecule has 5 rings (SSSR count). The second kappa shape index (κ2) is 7.87. The van der Waals surface area contributed by atoms with Crippen molar-refractivity contribution in [2.75, 3.05) is 18.0 Å². The van der Waals surface area contributed by atoms with Crippen LogP contribution in [0.5, 0.6) is 0 Å². The fourth-order valence-electron chi connectivity index (χ4n) is 5.01. The first kappa shape index (κ1) is 20.4. The number of benzene rings is 2. The van der Waals surface area contributed by atoms with E-state index in [1.165, 1.54) is 5.56 Å². The van der Waals surface area contributed by atoms with Crippen LogP contribution in [0.25, 0.3) is 0 Å². The fourth-order valence-corrected chi connectivity index (χ4v) is 5.01. The SMILES string of the molecule is NCC1Cc2ccccc2N(Cc2cccc3c2C(=O)N(C2CCC(=O)NC2=O)C3=O)C1. The van der Waals surface area contributed by atoms with Gasteiger partial charge in [-0.1, -0.05) is 30.3 Å². The van der Waals surface area contributed by atoms with Crippen LogP contribution in [-0.2, 0) is 22.6 Å². The normalized spacial score (nSPS) is 22.7. The van der Waals surface area contributed by atoms with E-state index in [0.717, 1.165) is 29.1 Å². The molecule has 2 aromatic rings. The summed E-state index contributed by atoms with van der Waals surface area (Å²) in [7, 11) is 0. The first-order chi connectivity index (χ1) is 15.5. The molecule has 0 bridgehead atoms.